The highest BCUT2D eigenvalue weighted by Crippen LogP contribution is 2.40. The van der Waals surface area contributed by atoms with E-state index in [2.05, 4.69) is 15.4 Å². The summed E-state index contributed by atoms with van der Waals surface area (Å²) in [6, 6.07) is 13.5. The van der Waals surface area contributed by atoms with E-state index in [0.29, 0.717) is 23.7 Å². The molecule has 0 saturated carbocycles. The minimum atomic E-state index is -0.233. The van der Waals surface area contributed by atoms with Gasteiger partial charge >= 0.3 is 0 Å². The Morgan fingerprint density at radius 3 is 2.76 bits per heavy atom. The van der Waals surface area contributed by atoms with E-state index in [0.717, 1.165) is 11.1 Å². The zero-order valence-corrected chi connectivity index (χ0v) is 14.1. The number of amides is 1. The van der Waals surface area contributed by atoms with Crippen molar-refractivity contribution in [1.29, 1.82) is 0 Å². The number of nitrogens with one attached hydrogen (secondary N) is 2. The number of rotatable bonds is 3. The number of thioether (sulfide) groups is 1. The van der Waals surface area contributed by atoms with E-state index in [1.807, 2.05) is 30.3 Å². The number of benzene rings is 1. The monoisotopic (exact) mass is 352 g/mol. The Kier molecular flexibility index (Phi) is 4.15. The van der Waals surface area contributed by atoms with Crippen LogP contribution in [-0.4, -0.2) is 26.4 Å². The molecule has 1 amide bonds. The molecule has 25 heavy (non-hydrogen) atoms. The van der Waals surface area contributed by atoms with Gasteiger partial charge in [0.1, 0.15) is 5.82 Å². The highest BCUT2D eigenvalue weighted by atomic mass is 32.2. The van der Waals surface area contributed by atoms with Crippen LogP contribution >= 0.6 is 11.8 Å². The van der Waals surface area contributed by atoms with Gasteiger partial charge in [0.15, 0.2) is 0 Å². The molecule has 0 aliphatic carbocycles. The first kappa shape index (κ1) is 15.7. The van der Waals surface area contributed by atoms with Gasteiger partial charge in [0, 0.05) is 17.3 Å². The molecule has 126 valence electrons. The summed E-state index contributed by atoms with van der Waals surface area (Å²) in [6.07, 6.45) is 3.35. The first-order valence-corrected chi connectivity index (χ1v) is 8.96. The minimum absolute atomic E-state index is 0.0871. The number of hydrogen-bond acceptors (Lipinski definition) is 4. The first-order chi connectivity index (χ1) is 12.2. The molecule has 2 aromatic heterocycles. The molecule has 1 aromatic carbocycles. The molecule has 6 nitrogen and oxygen atoms in total. The Bertz CT molecular complexity index is 964. The minimum Gasteiger partial charge on any atom is -0.329 e. The molecule has 7 heteroatoms. The third-order valence-electron chi connectivity index (χ3n) is 4.10. The van der Waals surface area contributed by atoms with Crippen molar-refractivity contribution < 1.29 is 4.79 Å². The second kappa shape index (κ2) is 6.60. The Hall–Kier alpha value is -2.80. The van der Waals surface area contributed by atoms with Gasteiger partial charge in [0.05, 0.1) is 23.7 Å². The van der Waals surface area contributed by atoms with E-state index in [1.165, 1.54) is 11.8 Å². The van der Waals surface area contributed by atoms with Gasteiger partial charge in [-0.25, -0.2) is 4.68 Å². The van der Waals surface area contributed by atoms with Gasteiger partial charge in [-0.05, 0) is 11.6 Å². The fourth-order valence-electron chi connectivity index (χ4n) is 2.92. The highest BCUT2D eigenvalue weighted by Gasteiger charge is 2.29. The van der Waals surface area contributed by atoms with Crippen LogP contribution in [0.15, 0.2) is 59.7 Å². The predicted octanol–water partition coefficient (Wildman–Crippen LogP) is 2.39. The number of aromatic nitrogens is 3. The summed E-state index contributed by atoms with van der Waals surface area (Å²) in [5.41, 5.74) is 2.43. The van der Waals surface area contributed by atoms with Gasteiger partial charge in [-0.1, -0.05) is 36.4 Å². The molecule has 2 N–H and O–H groups in total. The standard InChI is InChI=1S/C18H16N4O2S/c23-15-11-25-16(13-7-4-8-19-18(13)24)14-9-20-22(17(14)21-15)10-12-5-2-1-3-6-12/h1-9,16H,10-11H2,(H,19,24)(H,21,23)/t16-/m0/s1. The average molecular weight is 352 g/mol. The Morgan fingerprint density at radius 1 is 1.12 bits per heavy atom. The molecule has 3 aromatic rings. The van der Waals surface area contributed by atoms with Crippen LogP contribution in [0.2, 0.25) is 0 Å². The molecule has 0 fully saturated rings. The third kappa shape index (κ3) is 3.10. The molecule has 3 heterocycles. The Labute approximate surface area is 148 Å². The van der Waals surface area contributed by atoms with Gasteiger partial charge in [0.2, 0.25) is 5.91 Å². The topological polar surface area (TPSA) is 79.8 Å². The van der Waals surface area contributed by atoms with E-state index >= 15 is 0 Å². The lowest BCUT2D eigenvalue weighted by Gasteiger charge is -2.13. The first-order valence-electron chi connectivity index (χ1n) is 7.91. The van der Waals surface area contributed by atoms with Gasteiger partial charge < -0.3 is 10.3 Å². The van der Waals surface area contributed by atoms with E-state index in [-0.39, 0.29) is 16.7 Å². The van der Waals surface area contributed by atoms with E-state index in [1.54, 1.807) is 29.2 Å². The number of hydrogen-bond donors (Lipinski definition) is 2. The van der Waals surface area contributed by atoms with E-state index in [4.69, 9.17) is 0 Å². The van der Waals surface area contributed by atoms with Crippen LogP contribution in [0, 0.1) is 0 Å². The number of aromatic amines is 1. The second-order valence-corrected chi connectivity index (χ2v) is 6.88. The molecule has 0 radical (unpaired) electrons. The number of carbonyl (C=O) groups is 1. The summed E-state index contributed by atoms with van der Waals surface area (Å²) >= 11 is 1.44. The molecule has 1 aliphatic heterocycles. The molecule has 4 rings (SSSR count). The lowest BCUT2D eigenvalue weighted by atomic mass is 10.1. The smallest absolute Gasteiger partial charge is 0.252 e. The highest BCUT2D eigenvalue weighted by molar-refractivity contribution is 8.00. The molecule has 1 atom stereocenters. The van der Waals surface area contributed by atoms with Crippen molar-refractivity contribution in [3.63, 3.8) is 0 Å². The van der Waals surface area contributed by atoms with Crippen molar-refractivity contribution in [1.82, 2.24) is 14.8 Å². The van der Waals surface area contributed by atoms with Crippen LogP contribution in [0.3, 0.4) is 0 Å². The molecule has 1 aliphatic rings. The summed E-state index contributed by atoms with van der Waals surface area (Å²) in [5, 5.41) is 7.16. The molecular formula is C18H16N4O2S. The van der Waals surface area contributed by atoms with Crippen molar-refractivity contribution in [2.75, 3.05) is 11.1 Å². The van der Waals surface area contributed by atoms with Crippen molar-refractivity contribution in [2.45, 2.75) is 11.8 Å². The predicted molar refractivity (Wildman–Crippen MR) is 97.8 cm³/mol. The van der Waals surface area contributed by atoms with Crippen molar-refractivity contribution >= 4 is 23.5 Å². The van der Waals surface area contributed by atoms with Crippen molar-refractivity contribution in [3.8, 4) is 0 Å². The van der Waals surface area contributed by atoms with Crippen LogP contribution < -0.4 is 10.9 Å². The summed E-state index contributed by atoms with van der Waals surface area (Å²) in [5.74, 6) is 0.863. The maximum Gasteiger partial charge on any atom is 0.252 e. The van der Waals surface area contributed by atoms with Crippen LogP contribution in [0.25, 0.3) is 0 Å². The maximum absolute atomic E-state index is 12.2. The number of nitrogens with zero attached hydrogens (tertiary/aromatic N) is 2. The molecule has 0 bridgehead atoms. The number of anilines is 1. The van der Waals surface area contributed by atoms with E-state index < -0.39 is 0 Å². The Balaban J connectivity index is 1.77. The largest absolute Gasteiger partial charge is 0.329 e. The fourth-order valence-corrected chi connectivity index (χ4v) is 4.03. The lowest BCUT2D eigenvalue weighted by molar-refractivity contribution is -0.113. The van der Waals surface area contributed by atoms with Crippen LogP contribution in [0.5, 0.6) is 0 Å². The fraction of sp³-hybridized carbons (Fsp3) is 0.167. The summed E-state index contributed by atoms with van der Waals surface area (Å²) < 4.78 is 1.78. The van der Waals surface area contributed by atoms with Gasteiger partial charge in [-0.3, -0.25) is 9.59 Å². The number of fused-ring (bicyclic) bond motifs is 1. The third-order valence-corrected chi connectivity index (χ3v) is 5.37. The quantitative estimate of drug-likeness (QED) is 0.759. The molecule has 0 spiro atoms. The molecule has 0 unspecified atom stereocenters. The zero-order chi connectivity index (χ0) is 17.2. The maximum atomic E-state index is 12.2. The normalized spacial score (nSPS) is 16.8. The van der Waals surface area contributed by atoms with Gasteiger partial charge in [-0.2, -0.15) is 5.10 Å². The summed E-state index contributed by atoms with van der Waals surface area (Å²) in [7, 11) is 0. The van der Waals surface area contributed by atoms with Crippen LogP contribution in [0.1, 0.15) is 21.9 Å². The van der Waals surface area contributed by atoms with Gasteiger partial charge in [0.25, 0.3) is 5.56 Å². The van der Waals surface area contributed by atoms with Crippen LogP contribution in [-0.2, 0) is 11.3 Å². The van der Waals surface area contributed by atoms with Crippen LogP contribution in [0.4, 0.5) is 5.82 Å². The summed E-state index contributed by atoms with van der Waals surface area (Å²) in [6.45, 7) is 0.555. The van der Waals surface area contributed by atoms with E-state index in [9.17, 15) is 9.59 Å². The summed E-state index contributed by atoms with van der Waals surface area (Å²) in [4.78, 5) is 27.1. The lowest BCUT2D eigenvalue weighted by Crippen LogP contribution is -2.16. The van der Waals surface area contributed by atoms with Crippen molar-refractivity contribution in [2.24, 2.45) is 0 Å². The Morgan fingerprint density at radius 2 is 1.96 bits per heavy atom. The molecule has 0 saturated heterocycles. The van der Waals surface area contributed by atoms with Gasteiger partial charge in [-0.15, -0.1) is 11.8 Å². The number of pyridine rings is 1. The average Bonchev–Trinajstić information content (AvgIpc) is 2.91. The SMILES string of the molecule is O=C1CS[C@@H](c2ccc[nH]c2=O)c2cnn(Cc3ccccc3)c2N1. The zero-order valence-electron chi connectivity index (χ0n) is 13.3. The second-order valence-electron chi connectivity index (χ2n) is 5.79. The number of H-pyrrole nitrogens is 1. The molecular weight excluding hydrogens is 336 g/mol. The van der Waals surface area contributed by atoms with Crippen molar-refractivity contribution in [3.05, 3.63) is 81.9 Å². The number of carbonyl (C=O) groups excluding carboxylic acids is 1.